The number of hydrogen-bond acceptors (Lipinski definition) is 3. The average Bonchev–Trinajstić information content (AvgIpc) is 2.76. The van der Waals surface area contributed by atoms with E-state index in [1.807, 2.05) is 63.2 Å². The predicted molar refractivity (Wildman–Crippen MR) is 128 cm³/mol. The van der Waals surface area contributed by atoms with Crippen molar-refractivity contribution in [3.63, 3.8) is 0 Å². The molecule has 0 aliphatic heterocycles. The lowest BCUT2D eigenvalue weighted by atomic mass is 10.1. The summed E-state index contributed by atoms with van der Waals surface area (Å²) in [6, 6.07) is 13.3. The predicted octanol–water partition coefficient (Wildman–Crippen LogP) is 5.03. The van der Waals surface area contributed by atoms with Crippen molar-refractivity contribution in [3.8, 4) is 5.75 Å². The van der Waals surface area contributed by atoms with Crippen LogP contribution < -0.4 is 10.1 Å². The number of aryl methyl sites for hydroxylation is 2. The zero-order valence-corrected chi connectivity index (χ0v) is 20.5. The lowest BCUT2D eigenvalue weighted by Crippen LogP contribution is -2.50. The number of rotatable bonds is 11. The molecule has 0 saturated carbocycles. The van der Waals surface area contributed by atoms with Gasteiger partial charge in [-0.2, -0.15) is 0 Å². The molecular weight excluding hydrogens is 456 g/mol. The topological polar surface area (TPSA) is 58.6 Å². The van der Waals surface area contributed by atoms with Crippen LogP contribution in [0.15, 0.2) is 46.9 Å². The molecule has 0 fully saturated rings. The molecule has 5 nitrogen and oxygen atoms in total. The Morgan fingerprint density at radius 3 is 2.48 bits per heavy atom. The van der Waals surface area contributed by atoms with E-state index in [2.05, 4.69) is 28.2 Å². The molecule has 6 heteroatoms. The van der Waals surface area contributed by atoms with Crippen LogP contribution in [0.3, 0.4) is 0 Å². The fourth-order valence-electron chi connectivity index (χ4n) is 3.40. The van der Waals surface area contributed by atoms with Crippen molar-refractivity contribution in [3.05, 3.63) is 63.6 Å². The first-order valence-corrected chi connectivity index (χ1v) is 11.7. The summed E-state index contributed by atoms with van der Waals surface area (Å²) in [5.74, 6) is 0.273. The smallest absolute Gasteiger partial charge is 0.261 e. The molecule has 0 radical (unpaired) electrons. The van der Waals surface area contributed by atoms with E-state index in [1.54, 1.807) is 4.90 Å². The minimum atomic E-state index is -0.547. The molecule has 2 aromatic rings. The van der Waals surface area contributed by atoms with Crippen molar-refractivity contribution < 1.29 is 14.3 Å². The van der Waals surface area contributed by atoms with Gasteiger partial charge in [-0.3, -0.25) is 9.59 Å². The van der Waals surface area contributed by atoms with Crippen molar-refractivity contribution in [2.24, 2.45) is 0 Å². The van der Waals surface area contributed by atoms with Crippen molar-refractivity contribution >= 4 is 27.7 Å². The number of carbonyl (C=O) groups is 2. The highest BCUT2D eigenvalue weighted by molar-refractivity contribution is 9.10. The van der Waals surface area contributed by atoms with Crippen molar-refractivity contribution in [2.45, 2.75) is 59.5 Å². The van der Waals surface area contributed by atoms with E-state index >= 15 is 0 Å². The number of hydrogen-bond donors (Lipinski definition) is 1. The van der Waals surface area contributed by atoms with Gasteiger partial charge >= 0.3 is 0 Å². The molecule has 1 atom stereocenters. The third-order valence-corrected chi connectivity index (χ3v) is 5.75. The minimum Gasteiger partial charge on any atom is -0.483 e. The van der Waals surface area contributed by atoms with Gasteiger partial charge in [-0.15, -0.1) is 0 Å². The summed E-state index contributed by atoms with van der Waals surface area (Å²) in [4.78, 5) is 27.6. The zero-order valence-electron chi connectivity index (χ0n) is 18.9. The average molecular weight is 489 g/mol. The fraction of sp³-hybridized carbons (Fsp3) is 0.440. The van der Waals surface area contributed by atoms with Crippen molar-refractivity contribution in [1.82, 2.24) is 10.2 Å². The summed E-state index contributed by atoms with van der Waals surface area (Å²) < 4.78 is 6.64. The molecule has 31 heavy (non-hydrogen) atoms. The SMILES string of the molecule is CCCNC(=O)[C@H](CC)N(Cc1cccc(C)c1)C(=O)COc1ccc(CC)cc1Br. The maximum absolute atomic E-state index is 13.2. The van der Waals surface area contributed by atoms with E-state index in [4.69, 9.17) is 4.74 Å². The Labute approximate surface area is 194 Å². The molecule has 0 saturated heterocycles. The Balaban J connectivity index is 2.21. The summed E-state index contributed by atoms with van der Waals surface area (Å²) in [6.07, 6.45) is 2.30. The van der Waals surface area contributed by atoms with Crippen LogP contribution in [0.4, 0.5) is 0 Å². The van der Waals surface area contributed by atoms with Gasteiger partial charge in [0.2, 0.25) is 5.91 Å². The molecular formula is C25H33BrN2O3. The van der Waals surface area contributed by atoms with Gasteiger partial charge in [0.25, 0.3) is 5.91 Å². The molecule has 2 amide bonds. The number of halogens is 1. The van der Waals surface area contributed by atoms with E-state index < -0.39 is 6.04 Å². The Kier molecular flexibility index (Phi) is 10.0. The Hall–Kier alpha value is -2.34. The molecule has 0 aliphatic carbocycles. The maximum Gasteiger partial charge on any atom is 0.261 e. The first-order valence-electron chi connectivity index (χ1n) is 10.9. The highest BCUT2D eigenvalue weighted by Crippen LogP contribution is 2.26. The lowest BCUT2D eigenvalue weighted by molar-refractivity contribution is -0.143. The first-order chi connectivity index (χ1) is 14.9. The van der Waals surface area contributed by atoms with Crippen molar-refractivity contribution in [1.29, 1.82) is 0 Å². The van der Waals surface area contributed by atoms with Gasteiger partial charge in [-0.25, -0.2) is 0 Å². The minimum absolute atomic E-state index is 0.126. The van der Waals surface area contributed by atoms with Gasteiger partial charge in [0, 0.05) is 13.1 Å². The van der Waals surface area contributed by atoms with Crippen LogP contribution in [0.1, 0.15) is 50.3 Å². The third kappa shape index (κ3) is 7.39. The number of ether oxygens (including phenoxy) is 1. The van der Waals surface area contributed by atoms with E-state index in [1.165, 1.54) is 5.56 Å². The monoisotopic (exact) mass is 488 g/mol. The largest absolute Gasteiger partial charge is 0.483 e. The van der Waals surface area contributed by atoms with Crippen LogP contribution >= 0.6 is 15.9 Å². The third-order valence-electron chi connectivity index (χ3n) is 5.13. The standard InChI is InChI=1S/C25H33BrN2O3/c1-5-13-27-25(30)22(7-3)28(16-20-10-8-9-18(4)14-20)24(29)17-31-23-12-11-19(6-2)15-21(23)26/h8-12,14-15,22H,5-7,13,16-17H2,1-4H3,(H,27,30)/t22-/m0/s1. The molecule has 2 rings (SSSR count). The van der Waals surface area contributed by atoms with E-state index in [-0.39, 0.29) is 18.4 Å². The van der Waals surface area contributed by atoms with Gasteiger partial charge in [-0.05, 0) is 65.4 Å². The number of carbonyl (C=O) groups excluding carboxylic acids is 2. The summed E-state index contributed by atoms with van der Waals surface area (Å²) in [5, 5.41) is 2.93. The van der Waals surface area contributed by atoms with Crippen LogP contribution in [-0.4, -0.2) is 35.9 Å². The van der Waals surface area contributed by atoms with Gasteiger partial charge < -0.3 is 15.0 Å². The molecule has 1 N–H and O–H groups in total. The second kappa shape index (κ2) is 12.5. The Morgan fingerprint density at radius 2 is 1.87 bits per heavy atom. The summed E-state index contributed by atoms with van der Waals surface area (Å²) in [6.45, 7) is 8.85. The molecule has 0 bridgehead atoms. The lowest BCUT2D eigenvalue weighted by Gasteiger charge is -2.30. The fourth-order valence-corrected chi connectivity index (χ4v) is 3.94. The highest BCUT2D eigenvalue weighted by Gasteiger charge is 2.28. The van der Waals surface area contributed by atoms with Crippen molar-refractivity contribution in [2.75, 3.05) is 13.2 Å². The normalized spacial score (nSPS) is 11.6. The molecule has 0 spiro atoms. The van der Waals surface area contributed by atoms with E-state index in [0.717, 1.165) is 28.4 Å². The second-order valence-corrected chi connectivity index (χ2v) is 8.49. The number of benzene rings is 2. The van der Waals surface area contributed by atoms with E-state index in [0.29, 0.717) is 25.3 Å². The first kappa shape index (κ1) is 24.9. The van der Waals surface area contributed by atoms with E-state index in [9.17, 15) is 9.59 Å². The molecule has 2 aromatic carbocycles. The molecule has 0 heterocycles. The highest BCUT2D eigenvalue weighted by atomic mass is 79.9. The molecule has 168 valence electrons. The van der Waals surface area contributed by atoms with Crippen LogP contribution in [0.5, 0.6) is 5.75 Å². The molecule has 0 aliphatic rings. The summed E-state index contributed by atoms with van der Waals surface area (Å²) >= 11 is 3.52. The molecule has 0 unspecified atom stereocenters. The molecule has 0 aromatic heterocycles. The Bertz CT molecular complexity index is 885. The number of nitrogens with one attached hydrogen (secondary N) is 1. The van der Waals surface area contributed by atoms with Crippen LogP contribution in [0, 0.1) is 6.92 Å². The Morgan fingerprint density at radius 1 is 1.10 bits per heavy atom. The van der Waals surface area contributed by atoms with Crippen LogP contribution in [0.25, 0.3) is 0 Å². The van der Waals surface area contributed by atoms with Crippen LogP contribution in [-0.2, 0) is 22.6 Å². The number of nitrogens with zero attached hydrogens (tertiary/aromatic N) is 1. The summed E-state index contributed by atoms with van der Waals surface area (Å²) in [5.41, 5.74) is 3.29. The quantitative estimate of drug-likeness (QED) is 0.482. The summed E-state index contributed by atoms with van der Waals surface area (Å²) in [7, 11) is 0. The maximum atomic E-state index is 13.2. The van der Waals surface area contributed by atoms with Crippen LogP contribution in [0.2, 0.25) is 0 Å². The van der Waals surface area contributed by atoms with Gasteiger partial charge in [0.1, 0.15) is 11.8 Å². The van der Waals surface area contributed by atoms with Gasteiger partial charge in [0.15, 0.2) is 6.61 Å². The second-order valence-electron chi connectivity index (χ2n) is 7.63. The number of amides is 2. The van der Waals surface area contributed by atoms with Gasteiger partial charge in [0.05, 0.1) is 4.47 Å². The van der Waals surface area contributed by atoms with Gasteiger partial charge in [-0.1, -0.05) is 56.7 Å². The zero-order chi connectivity index (χ0) is 22.8.